The van der Waals surface area contributed by atoms with E-state index in [1.165, 1.54) is 12.8 Å². The maximum Gasteiger partial charge on any atom is 0.236 e. The summed E-state index contributed by atoms with van der Waals surface area (Å²) in [6, 6.07) is 4.29. The summed E-state index contributed by atoms with van der Waals surface area (Å²) in [7, 11) is 1.84. The minimum absolute atomic E-state index is 0.151. The van der Waals surface area contributed by atoms with Gasteiger partial charge in [-0.25, -0.2) is 0 Å². The highest BCUT2D eigenvalue weighted by molar-refractivity contribution is 5.77. The molecule has 5 heteroatoms. The molecule has 0 bridgehead atoms. The Morgan fingerprint density at radius 1 is 1.52 bits per heavy atom. The fourth-order valence-corrected chi connectivity index (χ4v) is 2.81. The Hall–Kier alpha value is -1.33. The molecule has 1 saturated heterocycles. The average Bonchev–Trinajstić information content (AvgIpc) is 3.12. The van der Waals surface area contributed by atoms with Gasteiger partial charge in [0.15, 0.2) is 0 Å². The van der Waals surface area contributed by atoms with E-state index in [9.17, 15) is 4.79 Å². The molecule has 1 amide bonds. The summed E-state index contributed by atoms with van der Waals surface area (Å²) >= 11 is 0. The summed E-state index contributed by atoms with van der Waals surface area (Å²) in [4.78, 5) is 16.4. The van der Waals surface area contributed by atoms with Gasteiger partial charge in [0.05, 0.1) is 19.4 Å². The number of hydrogen-bond acceptors (Lipinski definition) is 4. The predicted molar refractivity (Wildman–Crippen MR) is 82.9 cm³/mol. The van der Waals surface area contributed by atoms with Crippen LogP contribution in [0.25, 0.3) is 0 Å². The summed E-state index contributed by atoms with van der Waals surface area (Å²) in [6.45, 7) is 6.23. The van der Waals surface area contributed by atoms with Crippen LogP contribution in [-0.4, -0.2) is 55.0 Å². The maximum atomic E-state index is 12.4. The Labute approximate surface area is 127 Å². The van der Waals surface area contributed by atoms with E-state index in [2.05, 4.69) is 17.1 Å². The van der Waals surface area contributed by atoms with Crippen molar-refractivity contribution in [2.24, 2.45) is 0 Å². The van der Waals surface area contributed by atoms with E-state index in [0.717, 1.165) is 31.8 Å². The van der Waals surface area contributed by atoms with Crippen molar-refractivity contribution >= 4 is 5.91 Å². The second-order valence-electron chi connectivity index (χ2n) is 5.86. The minimum atomic E-state index is 0.151. The normalized spacial score (nSPS) is 18.3. The quantitative estimate of drug-likeness (QED) is 0.792. The van der Waals surface area contributed by atoms with Crippen LogP contribution in [0.15, 0.2) is 22.8 Å². The number of hydrogen-bond donors (Lipinski definition) is 1. The van der Waals surface area contributed by atoms with E-state index >= 15 is 0 Å². The van der Waals surface area contributed by atoms with E-state index in [1.54, 1.807) is 11.2 Å². The molecule has 1 aromatic rings. The van der Waals surface area contributed by atoms with Crippen LogP contribution < -0.4 is 5.32 Å². The van der Waals surface area contributed by atoms with Gasteiger partial charge in [0.1, 0.15) is 5.76 Å². The third kappa shape index (κ3) is 5.17. The van der Waals surface area contributed by atoms with E-state index < -0.39 is 0 Å². The minimum Gasteiger partial charge on any atom is -0.467 e. The molecule has 1 aromatic heterocycles. The van der Waals surface area contributed by atoms with Crippen molar-refractivity contribution in [3.63, 3.8) is 0 Å². The van der Waals surface area contributed by atoms with E-state index in [-0.39, 0.29) is 5.91 Å². The number of carbonyl (C=O) groups is 1. The second-order valence-corrected chi connectivity index (χ2v) is 5.86. The number of rotatable bonds is 8. The Bertz CT molecular complexity index is 413. The first kappa shape index (κ1) is 16.0. The van der Waals surface area contributed by atoms with Crippen molar-refractivity contribution < 1.29 is 9.21 Å². The predicted octanol–water partition coefficient (Wildman–Crippen LogP) is 1.70. The molecular weight excluding hydrogens is 266 g/mol. The number of nitrogens with zero attached hydrogens (tertiary/aromatic N) is 2. The molecule has 1 unspecified atom stereocenters. The lowest BCUT2D eigenvalue weighted by Crippen LogP contribution is -2.43. The highest BCUT2D eigenvalue weighted by Crippen LogP contribution is 2.09. The molecule has 0 saturated carbocycles. The zero-order valence-corrected chi connectivity index (χ0v) is 13.2. The molecule has 1 aliphatic heterocycles. The Kier molecular flexibility index (Phi) is 6.26. The van der Waals surface area contributed by atoms with Crippen LogP contribution >= 0.6 is 0 Å². The summed E-state index contributed by atoms with van der Waals surface area (Å²) < 4.78 is 5.30. The van der Waals surface area contributed by atoms with Gasteiger partial charge in [0.25, 0.3) is 0 Å². The van der Waals surface area contributed by atoms with Crippen LogP contribution in [0.1, 0.15) is 31.9 Å². The van der Waals surface area contributed by atoms with Crippen molar-refractivity contribution in [1.82, 2.24) is 15.1 Å². The topological polar surface area (TPSA) is 48.7 Å². The van der Waals surface area contributed by atoms with Crippen LogP contribution in [0.2, 0.25) is 0 Å². The summed E-state index contributed by atoms with van der Waals surface area (Å²) in [5, 5.41) is 3.50. The third-order valence-electron chi connectivity index (χ3n) is 3.94. The monoisotopic (exact) mass is 293 g/mol. The number of amides is 1. The lowest BCUT2D eigenvalue weighted by molar-refractivity contribution is -0.132. The van der Waals surface area contributed by atoms with E-state index in [0.29, 0.717) is 19.1 Å². The van der Waals surface area contributed by atoms with Crippen molar-refractivity contribution in [2.75, 3.05) is 33.2 Å². The molecule has 1 atom stereocenters. The number of likely N-dealkylation sites (N-methyl/N-ethyl adjacent to an activating group) is 1. The molecule has 118 valence electrons. The first-order chi connectivity index (χ1) is 10.2. The summed E-state index contributed by atoms with van der Waals surface area (Å²) in [6.07, 6.45) is 5.18. The number of nitrogens with one attached hydrogen (secondary N) is 1. The fourth-order valence-electron chi connectivity index (χ4n) is 2.81. The molecule has 0 aliphatic carbocycles. The largest absolute Gasteiger partial charge is 0.467 e. The molecule has 0 aromatic carbocycles. The van der Waals surface area contributed by atoms with Crippen LogP contribution in [0.3, 0.4) is 0 Å². The summed E-state index contributed by atoms with van der Waals surface area (Å²) in [5.41, 5.74) is 0. The first-order valence-corrected chi connectivity index (χ1v) is 7.91. The van der Waals surface area contributed by atoms with Gasteiger partial charge < -0.3 is 14.6 Å². The lowest BCUT2D eigenvalue weighted by atomic mass is 10.2. The van der Waals surface area contributed by atoms with Crippen LogP contribution in [-0.2, 0) is 11.3 Å². The third-order valence-corrected chi connectivity index (χ3v) is 3.94. The highest BCUT2D eigenvalue weighted by Gasteiger charge is 2.20. The second kappa shape index (κ2) is 8.20. The standard InChI is InChI=1S/C16H27N3O2/c1-3-9-19(11-14-6-4-8-17-14)13-16(20)18(2)12-15-7-5-10-21-15/h5,7,10,14,17H,3-4,6,8-9,11-13H2,1-2H3. The van der Waals surface area contributed by atoms with Gasteiger partial charge in [0.2, 0.25) is 5.91 Å². The van der Waals surface area contributed by atoms with E-state index in [4.69, 9.17) is 4.42 Å². The van der Waals surface area contributed by atoms with Crippen LogP contribution in [0, 0.1) is 0 Å². The molecule has 1 aliphatic rings. The molecule has 1 fully saturated rings. The molecule has 0 spiro atoms. The highest BCUT2D eigenvalue weighted by atomic mass is 16.3. The SMILES string of the molecule is CCCN(CC(=O)N(C)Cc1ccco1)CC1CCCN1. The van der Waals surface area contributed by atoms with Gasteiger partial charge >= 0.3 is 0 Å². The Morgan fingerprint density at radius 2 is 2.38 bits per heavy atom. The van der Waals surface area contributed by atoms with Gasteiger partial charge in [-0.3, -0.25) is 9.69 Å². The van der Waals surface area contributed by atoms with Gasteiger partial charge in [-0.15, -0.1) is 0 Å². The molecule has 2 rings (SSSR count). The smallest absolute Gasteiger partial charge is 0.236 e. The Morgan fingerprint density at radius 3 is 3.00 bits per heavy atom. The molecular formula is C16H27N3O2. The molecule has 21 heavy (non-hydrogen) atoms. The van der Waals surface area contributed by atoms with Crippen molar-refractivity contribution in [3.8, 4) is 0 Å². The van der Waals surface area contributed by atoms with Gasteiger partial charge in [0, 0.05) is 19.6 Å². The maximum absolute atomic E-state index is 12.4. The molecule has 5 nitrogen and oxygen atoms in total. The van der Waals surface area contributed by atoms with E-state index in [1.807, 2.05) is 19.2 Å². The zero-order chi connectivity index (χ0) is 15.1. The van der Waals surface area contributed by atoms with Gasteiger partial charge in [-0.2, -0.15) is 0 Å². The summed E-state index contributed by atoms with van der Waals surface area (Å²) in [5.74, 6) is 0.975. The lowest BCUT2D eigenvalue weighted by Gasteiger charge is -2.26. The van der Waals surface area contributed by atoms with Crippen LogP contribution in [0.5, 0.6) is 0 Å². The molecule has 0 radical (unpaired) electrons. The Balaban J connectivity index is 1.81. The van der Waals surface area contributed by atoms with Crippen molar-refractivity contribution in [2.45, 2.75) is 38.8 Å². The molecule has 2 heterocycles. The first-order valence-electron chi connectivity index (χ1n) is 7.91. The fraction of sp³-hybridized carbons (Fsp3) is 0.688. The number of carbonyl (C=O) groups excluding carboxylic acids is 1. The molecule has 1 N–H and O–H groups in total. The number of furan rings is 1. The van der Waals surface area contributed by atoms with Crippen molar-refractivity contribution in [1.29, 1.82) is 0 Å². The van der Waals surface area contributed by atoms with Crippen LogP contribution in [0.4, 0.5) is 0 Å². The van der Waals surface area contributed by atoms with Gasteiger partial charge in [-0.1, -0.05) is 6.92 Å². The van der Waals surface area contributed by atoms with Crippen molar-refractivity contribution in [3.05, 3.63) is 24.2 Å². The van der Waals surface area contributed by atoms with Gasteiger partial charge in [-0.05, 0) is 44.5 Å². The average molecular weight is 293 g/mol. The zero-order valence-electron chi connectivity index (χ0n) is 13.2.